The minimum atomic E-state index is -0.874. The highest BCUT2D eigenvalue weighted by atomic mass is 16.4. The predicted octanol–water partition coefficient (Wildman–Crippen LogP) is 2.98. The monoisotopic (exact) mass is 361 g/mol. The molecule has 0 saturated heterocycles. The van der Waals surface area contributed by atoms with Crippen molar-refractivity contribution in [1.82, 2.24) is 10.6 Å². The minimum Gasteiger partial charge on any atom is -0.481 e. The number of carbonyl (C=O) groups excluding carboxylic acids is 2. The summed E-state index contributed by atoms with van der Waals surface area (Å²) in [7, 11) is 0. The lowest BCUT2D eigenvalue weighted by Crippen LogP contribution is -2.44. The van der Waals surface area contributed by atoms with Gasteiger partial charge in [-0.05, 0) is 44.9 Å². The molecule has 4 N–H and O–H groups in total. The zero-order valence-corrected chi connectivity index (χ0v) is 15.3. The highest BCUT2D eigenvalue weighted by Crippen LogP contribution is 2.36. The van der Waals surface area contributed by atoms with Crippen LogP contribution in [0.5, 0.6) is 0 Å². The number of carbonyl (C=O) groups is 3. The zero-order valence-electron chi connectivity index (χ0n) is 15.3. The van der Waals surface area contributed by atoms with Crippen molar-refractivity contribution in [2.24, 2.45) is 5.41 Å². The number of benzene rings is 1. The first-order chi connectivity index (χ1) is 12.3. The molecule has 0 aliphatic heterocycles. The summed E-state index contributed by atoms with van der Waals surface area (Å²) < 4.78 is 0. The van der Waals surface area contributed by atoms with Gasteiger partial charge in [-0.1, -0.05) is 25.3 Å². The maximum Gasteiger partial charge on any atom is 0.319 e. The maximum absolute atomic E-state index is 12.4. The fraction of sp³-hybridized carbons (Fsp3) is 0.526. The third kappa shape index (κ3) is 5.21. The number of hydrogen-bond acceptors (Lipinski definition) is 3. The summed E-state index contributed by atoms with van der Waals surface area (Å²) in [6.07, 6.45) is 3.94. The van der Waals surface area contributed by atoms with E-state index >= 15 is 0 Å². The van der Waals surface area contributed by atoms with Crippen molar-refractivity contribution in [3.63, 3.8) is 0 Å². The fourth-order valence-electron chi connectivity index (χ4n) is 3.21. The van der Waals surface area contributed by atoms with E-state index in [1.165, 1.54) is 0 Å². The molecule has 2 rings (SSSR count). The van der Waals surface area contributed by atoms with E-state index in [2.05, 4.69) is 16.0 Å². The lowest BCUT2D eigenvalue weighted by molar-refractivity contribution is -0.150. The standard InChI is InChI=1S/C19H27N3O4/c1-13(2)21-18(26)22-15-8-6-7-14(11-15)16(23)20-12-19(17(24)25)9-4-3-5-10-19/h6-8,11,13H,3-5,9-10,12H2,1-2H3,(H,20,23)(H,24,25)(H2,21,22,26). The van der Waals surface area contributed by atoms with E-state index in [-0.39, 0.29) is 24.5 Å². The van der Waals surface area contributed by atoms with E-state index in [1.807, 2.05) is 13.8 Å². The van der Waals surface area contributed by atoms with Crippen LogP contribution in [0.4, 0.5) is 10.5 Å². The molecule has 0 heterocycles. The van der Waals surface area contributed by atoms with Crippen LogP contribution in [-0.4, -0.2) is 35.6 Å². The van der Waals surface area contributed by atoms with Gasteiger partial charge in [-0.3, -0.25) is 9.59 Å². The third-order valence-corrected chi connectivity index (χ3v) is 4.65. The summed E-state index contributed by atoms with van der Waals surface area (Å²) in [5.41, 5.74) is 0.00564. The molecule has 3 amide bonds. The topological polar surface area (TPSA) is 108 Å². The highest BCUT2D eigenvalue weighted by Gasteiger charge is 2.39. The zero-order chi connectivity index (χ0) is 19.2. The average Bonchev–Trinajstić information content (AvgIpc) is 2.59. The number of aliphatic carboxylic acids is 1. The third-order valence-electron chi connectivity index (χ3n) is 4.65. The molecule has 1 aliphatic carbocycles. The Morgan fingerprint density at radius 1 is 1.15 bits per heavy atom. The molecule has 0 radical (unpaired) electrons. The van der Waals surface area contributed by atoms with Crippen LogP contribution in [0.15, 0.2) is 24.3 Å². The van der Waals surface area contributed by atoms with Gasteiger partial charge in [0.15, 0.2) is 0 Å². The number of carboxylic acids is 1. The summed E-state index contributed by atoms with van der Waals surface area (Å²) in [6.45, 7) is 3.83. The second-order valence-electron chi connectivity index (χ2n) is 7.16. The van der Waals surface area contributed by atoms with Crippen molar-refractivity contribution in [1.29, 1.82) is 0 Å². The van der Waals surface area contributed by atoms with Gasteiger partial charge in [-0.25, -0.2) is 4.79 Å². The van der Waals surface area contributed by atoms with Gasteiger partial charge < -0.3 is 21.1 Å². The molecular weight excluding hydrogens is 334 g/mol. The summed E-state index contributed by atoms with van der Waals surface area (Å²) in [6, 6.07) is 6.23. The Hall–Kier alpha value is -2.57. The Labute approximate surface area is 153 Å². The number of anilines is 1. The number of rotatable bonds is 6. The molecule has 7 nitrogen and oxygen atoms in total. The normalized spacial score (nSPS) is 16.0. The van der Waals surface area contributed by atoms with Crippen LogP contribution >= 0.6 is 0 Å². The first-order valence-electron chi connectivity index (χ1n) is 9.01. The Morgan fingerprint density at radius 2 is 1.85 bits per heavy atom. The quantitative estimate of drug-likeness (QED) is 0.625. The van der Waals surface area contributed by atoms with E-state index in [4.69, 9.17) is 0 Å². The van der Waals surface area contributed by atoms with Crippen molar-refractivity contribution in [3.8, 4) is 0 Å². The van der Waals surface area contributed by atoms with Gasteiger partial charge in [0.2, 0.25) is 0 Å². The van der Waals surface area contributed by atoms with Gasteiger partial charge in [0.25, 0.3) is 5.91 Å². The number of nitrogens with one attached hydrogen (secondary N) is 3. The Balaban J connectivity index is 1.99. The van der Waals surface area contributed by atoms with Crippen LogP contribution in [0.1, 0.15) is 56.3 Å². The molecule has 0 atom stereocenters. The first kappa shape index (κ1) is 19.8. The van der Waals surface area contributed by atoms with E-state index < -0.39 is 11.4 Å². The van der Waals surface area contributed by atoms with Crippen molar-refractivity contribution in [2.45, 2.75) is 52.0 Å². The van der Waals surface area contributed by atoms with Gasteiger partial charge in [0.1, 0.15) is 0 Å². The molecule has 26 heavy (non-hydrogen) atoms. The smallest absolute Gasteiger partial charge is 0.319 e. The van der Waals surface area contributed by atoms with E-state index in [0.29, 0.717) is 24.1 Å². The summed E-state index contributed by atoms with van der Waals surface area (Å²) in [5, 5.41) is 17.7. The summed E-state index contributed by atoms with van der Waals surface area (Å²) in [5.74, 6) is -1.19. The summed E-state index contributed by atoms with van der Waals surface area (Å²) >= 11 is 0. The molecule has 1 aromatic rings. The molecule has 1 aliphatic rings. The van der Waals surface area contributed by atoms with Gasteiger partial charge >= 0.3 is 12.0 Å². The number of hydrogen-bond donors (Lipinski definition) is 4. The van der Waals surface area contributed by atoms with Gasteiger partial charge in [-0.2, -0.15) is 0 Å². The van der Waals surface area contributed by atoms with Crippen LogP contribution in [0.3, 0.4) is 0 Å². The lowest BCUT2D eigenvalue weighted by atomic mass is 9.74. The molecule has 1 saturated carbocycles. The first-order valence-corrected chi connectivity index (χ1v) is 9.01. The van der Waals surface area contributed by atoms with Crippen LogP contribution in [-0.2, 0) is 4.79 Å². The molecule has 142 valence electrons. The van der Waals surface area contributed by atoms with Crippen LogP contribution < -0.4 is 16.0 Å². The number of urea groups is 1. The molecule has 0 aromatic heterocycles. The molecule has 0 unspecified atom stereocenters. The number of amides is 3. The van der Waals surface area contributed by atoms with Crippen molar-refractivity contribution in [2.75, 3.05) is 11.9 Å². The SMILES string of the molecule is CC(C)NC(=O)Nc1cccc(C(=O)NCC2(C(=O)O)CCCCC2)c1. The highest BCUT2D eigenvalue weighted by molar-refractivity contribution is 5.97. The van der Waals surface area contributed by atoms with Crippen molar-refractivity contribution >= 4 is 23.6 Å². The second kappa shape index (κ2) is 8.69. The largest absolute Gasteiger partial charge is 0.481 e. The van der Waals surface area contributed by atoms with Crippen molar-refractivity contribution < 1.29 is 19.5 Å². The maximum atomic E-state index is 12.4. The Kier molecular flexibility index (Phi) is 6.60. The van der Waals surface area contributed by atoms with Crippen LogP contribution in [0.2, 0.25) is 0 Å². The predicted molar refractivity (Wildman–Crippen MR) is 99.2 cm³/mol. The Morgan fingerprint density at radius 3 is 2.46 bits per heavy atom. The van der Waals surface area contributed by atoms with Gasteiger partial charge in [0.05, 0.1) is 5.41 Å². The van der Waals surface area contributed by atoms with E-state index in [9.17, 15) is 19.5 Å². The summed E-state index contributed by atoms with van der Waals surface area (Å²) in [4.78, 5) is 35.9. The van der Waals surface area contributed by atoms with Gasteiger partial charge in [-0.15, -0.1) is 0 Å². The molecular formula is C19H27N3O4. The fourth-order valence-corrected chi connectivity index (χ4v) is 3.21. The van der Waals surface area contributed by atoms with Crippen LogP contribution in [0.25, 0.3) is 0 Å². The molecule has 0 spiro atoms. The molecule has 1 fully saturated rings. The lowest BCUT2D eigenvalue weighted by Gasteiger charge is -2.33. The molecule has 1 aromatic carbocycles. The Bertz CT molecular complexity index is 667. The molecule has 7 heteroatoms. The van der Waals surface area contributed by atoms with E-state index in [0.717, 1.165) is 19.3 Å². The minimum absolute atomic E-state index is 0.00387. The molecule has 0 bridgehead atoms. The van der Waals surface area contributed by atoms with Crippen molar-refractivity contribution in [3.05, 3.63) is 29.8 Å². The van der Waals surface area contributed by atoms with E-state index in [1.54, 1.807) is 24.3 Å². The average molecular weight is 361 g/mol. The van der Waals surface area contributed by atoms with Gasteiger partial charge in [0, 0.05) is 23.8 Å². The van der Waals surface area contributed by atoms with Crippen LogP contribution in [0, 0.1) is 5.41 Å². The second-order valence-corrected chi connectivity index (χ2v) is 7.16. The number of carboxylic acid groups (broad SMARTS) is 1.